The maximum Gasteiger partial charge on any atom is 0.123 e. The lowest BCUT2D eigenvalue weighted by atomic mass is 10.1. The van der Waals surface area contributed by atoms with Gasteiger partial charge in [0.05, 0.1) is 7.11 Å². The minimum atomic E-state index is -0.271. The smallest absolute Gasteiger partial charge is 0.123 e. The molecule has 100 valence electrons. The summed E-state index contributed by atoms with van der Waals surface area (Å²) in [4.78, 5) is 2.00. The number of anilines is 2. The zero-order valence-electron chi connectivity index (χ0n) is 11.1. The maximum atomic E-state index is 13.2. The quantitative estimate of drug-likeness (QED) is 0.859. The number of rotatable bonds is 4. The third-order valence-corrected chi connectivity index (χ3v) is 3.03. The molecular weight excluding hydrogens is 243 g/mol. The van der Waals surface area contributed by atoms with Gasteiger partial charge in [0, 0.05) is 25.0 Å². The Morgan fingerprint density at radius 3 is 2.47 bits per heavy atom. The molecule has 0 bridgehead atoms. The average molecular weight is 260 g/mol. The second-order valence-corrected chi connectivity index (χ2v) is 4.40. The van der Waals surface area contributed by atoms with Crippen LogP contribution >= 0.6 is 0 Å². The van der Waals surface area contributed by atoms with Crippen LogP contribution in [0.2, 0.25) is 0 Å². The topological polar surface area (TPSA) is 38.5 Å². The van der Waals surface area contributed by atoms with Gasteiger partial charge in [-0.1, -0.05) is 0 Å². The number of nitrogens with two attached hydrogens (primary N) is 1. The molecule has 2 rings (SSSR count). The molecule has 0 atom stereocenters. The highest BCUT2D eigenvalue weighted by Gasteiger charge is 2.06. The normalized spacial score (nSPS) is 10.3. The molecule has 2 aromatic rings. The molecule has 2 N–H and O–H groups in total. The van der Waals surface area contributed by atoms with E-state index in [9.17, 15) is 4.39 Å². The molecule has 0 fully saturated rings. The van der Waals surface area contributed by atoms with E-state index in [1.165, 1.54) is 12.1 Å². The molecule has 0 aromatic heterocycles. The molecule has 4 heteroatoms. The van der Waals surface area contributed by atoms with E-state index in [-0.39, 0.29) is 5.82 Å². The van der Waals surface area contributed by atoms with Gasteiger partial charge in [-0.25, -0.2) is 4.39 Å². The first-order valence-electron chi connectivity index (χ1n) is 5.99. The van der Waals surface area contributed by atoms with E-state index in [0.717, 1.165) is 17.0 Å². The molecule has 0 aliphatic heterocycles. The van der Waals surface area contributed by atoms with Gasteiger partial charge in [-0.15, -0.1) is 0 Å². The Morgan fingerprint density at radius 2 is 1.84 bits per heavy atom. The van der Waals surface area contributed by atoms with Crippen LogP contribution in [0.1, 0.15) is 5.56 Å². The molecule has 0 aliphatic rings. The lowest BCUT2D eigenvalue weighted by Crippen LogP contribution is -2.17. The van der Waals surface area contributed by atoms with Crippen molar-refractivity contribution in [2.24, 2.45) is 0 Å². The predicted octanol–water partition coefficient (Wildman–Crippen LogP) is 3.05. The summed E-state index contributed by atoms with van der Waals surface area (Å²) in [6.45, 7) is 0.552. The van der Waals surface area contributed by atoms with Crippen molar-refractivity contribution in [3.05, 3.63) is 53.8 Å². The minimum Gasteiger partial charge on any atom is -0.497 e. The number of nitrogen functional groups attached to an aromatic ring is 1. The highest BCUT2D eigenvalue weighted by molar-refractivity contribution is 5.52. The summed E-state index contributed by atoms with van der Waals surface area (Å²) in [6.07, 6.45) is 0. The average Bonchev–Trinajstić information content (AvgIpc) is 2.43. The van der Waals surface area contributed by atoms with Crippen LogP contribution in [0.25, 0.3) is 0 Å². The van der Waals surface area contributed by atoms with Crippen molar-refractivity contribution < 1.29 is 9.13 Å². The fourth-order valence-corrected chi connectivity index (χ4v) is 1.89. The second kappa shape index (κ2) is 5.61. The van der Waals surface area contributed by atoms with Gasteiger partial charge in [0.25, 0.3) is 0 Å². The van der Waals surface area contributed by atoms with Gasteiger partial charge in [-0.05, 0) is 48.0 Å². The van der Waals surface area contributed by atoms with Crippen molar-refractivity contribution >= 4 is 11.4 Å². The molecule has 2 aromatic carbocycles. The first-order chi connectivity index (χ1) is 9.10. The Labute approximate surface area is 112 Å². The first kappa shape index (κ1) is 13.2. The van der Waals surface area contributed by atoms with E-state index >= 15 is 0 Å². The van der Waals surface area contributed by atoms with Crippen LogP contribution in [-0.4, -0.2) is 14.2 Å². The number of hydrogen-bond donors (Lipinski definition) is 1. The third-order valence-electron chi connectivity index (χ3n) is 3.03. The van der Waals surface area contributed by atoms with Gasteiger partial charge >= 0.3 is 0 Å². The minimum absolute atomic E-state index is 0.271. The summed E-state index contributed by atoms with van der Waals surface area (Å²) in [6, 6.07) is 12.1. The fraction of sp³-hybridized carbons (Fsp3) is 0.200. The van der Waals surface area contributed by atoms with Gasteiger partial charge in [-0.2, -0.15) is 0 Å². The van der Waals surface area contributed by atoms with Crippen LogP contribution in [0.4, 0.5) is 15.8 Å². The Kier molecular flexibility index (Phi) is 3.90. The van der Waals surface area contributed by atoms with Crippen LogP contribution < -0.4 is 15.4 Å². The van der Waals surface area contributed by atoms with Crippen LogP contribution in [0, 0.1) is 5.82 Å². The lowest BCUT2D eigenvalue weighted by Gasteiger charge is -2.20. The summed E-state index contributed by atoms with van der Waals surface area (Å²) in [5, 5.41) is 0. The standard InChI is InChI=1S/C15H17FN2O/c1-18(13-4-6-14(19-2)7-5-13)10-11-9-12(16)3-8-15(11)17/h3-9H,10,17H2,1-2H3. The molecule has 0 saturated carbocycles. The SMILES string of the molecule is COc1ccc(N(C)Cc2cc(F)ccc2N)cc1. The van der Waals surface area contributed by atoms with E-state index in [2.05, 4.69) is 0 Å². The van der Waals surface area contributed by atoms with E-state index < -0.39 is 0 Å². The van der Waals surface area contributed by atoms with Crippen LogP contribution in [0.15, 0.2) is 42.5 Å². The molecule has 0 radical (unpaired) electrons. The zero-order valence-corrected chi connectivity index (χ0v) is 11.1. The number of ether oxygens (including phenoxy) is 1. The van der Waals surface area contributed by atoms with Crippen LogP contribution in [-0.2, 0) is 6.54 Å². The number of halogens is 1. The van der Waals surface area contributed by atoms with E-state index in [4.69, 9.17) is 10.5 Å². The van der Waals surface area contributed by atoms with Crippen LogP contribution in [0.5, 0.6) is 5.75 Å². The molecule has 0 saturated heterocycles. The number of methoxy groups -OCH3 is 1. The molecule has 3 nitrogen and oxygen atoms in total. The lowest BCUT2D eigenvalue weighted by molar-refractivity contribution is 0.415. The number of nitrogens with zero attached hydrogens (tertiary/aromatic N) is 1. The molecule has 19 heavy (non-hydrogen) atoms. The highest BCUT2D eigenvalue weighted by atomic mass is 19.1. The maximum absolute atomic E-state index is 13.2. The molecule has 0 unspecified atom stereocenters. The van der Waals surface area contributed by atoms with Crippen LogP contribution in [0.3, 0.4) is 0 Å². The zero-order chi connectivity index (χ0) is 13.8. The Bertz CT molecular complexity index is 555. The largest absolute Gasteiger partial charge is 0.497 e. The second-order valence-electron chi connectivity index (χ2n) is 4.40. The summed E-state index contributed by atoms with van der Waals surface area (Å²) in [5.41, 5.74) is 8.24. The molecule has 0 aliphatic carbocycles. The number of benzene rings is 2. The predicted molar refractivity (Wildman–Crippen MR) is 75.9 cm³/mol. The third kappa shape index (κ3) is 3.16. The Hall–Kier alpha value is -2.23. The highest BCUT2D eigenvalue weighted by Crippen LogP contribution is 2.22. The van der Waals surface area contributed by atoms with E-state index in [0.29, 0.717) is 12.2 Å². The summed E-state index contributed by atoms with van der Waals surface area (Å²) in [5.74, 6) is 0.537. The van der Waals surface area contributed by atoms with Gasteiger partial charge in [0.2, 0.25) is 0 Å². The first-order valence-corrected chi connectivity index (χ1v) is 5.99. The molecule has 0 heterocycles. The van der Waals surface area contributed by atoms with Crippen molar-refractivity contribution in [3.63, 3.8) is 0 Å². The van der Waals surface area contributed by atoms with Gasteiger partial charge in [0.15, 0.2) is 0 Å². The van der Waals surface area contributed by atoms with Gasteiger partial charge < -0.3 is 15.4 Å². The Morgan fingerprint density at radius 1 is 1.16 bits per heavy atom. The van der Waals surface area contributed by atoms with Crippen molar-refractivity contribution in [1.29, 1.82) is 0 Å². The van der Waals surface area contributed by atoms with Gasteiger partial charge in [0.1, 0.15) is 11.6 Å². The summed E-state index contributed by atoms with van der Waals surface area (Å²) in [7, 11) is 3.57. The Balaban J connectivity index is 2.15. The van der Waals surface area contributed by atoms with Crippen molar-refractivity contribution in [2.75, 3.05) is 24.8 Å². The summed E-state index contributed by atoms with van der Waals surface area (Å²) < 4.78 is 18.3. The van der Waals surface area contributed by atoms with Crippen molar-refractivity contribution in [1.82, 2.24) is 0 Å². The van der Waals surface area contributed by atoms with E-state index in [1.807, 2.05) is 36.2 Å². The fourth-order valence-electron chi connectivity index (χ4n) is 1.89. The summed E-state index contributed by atoms with van der Waals surface area (Å²) >= 11 is 0. The van der Waals surface area contributed by atoms with Crippen molar-refractivity contribution in [2.45, 2.75) is 6.54 Å². The molecule has 0 spiro atoms. The van der Waals surface area contributed by atoms with Gasteiger partial charge in [-0.3, -0.25) is 0 Å². The monoisotopic (exact) mass is 260 g/mol. The number of hydrogen-bond acceptors (Lipinski definition) is 3. The van der Waals surface area contributed by atoms with Crippen molar-refractivity contribution in [3.8, 4) is 5.75 Å². The molecule has 0 amide bonds. The van der Waals surface area contributed by atoms with E-state index in [1.54, 1.807) is 13.2 Å². The molecular formula is C15H17FN2O.